The van der Waals surface area contributed by atoms with Crippen LogP contribution in [0.4, 0.5) is 4.79 Å². The summed E-state index contributed by atoms with van der Waals surface area (Å²) >= 11 is 0. The van der Waals surface area contributed by atoms with Crippen molar-refractivity contribution >= 4 is 12.0 Å². The third kappa shape index (κ3) is 6.53. The number of aromatic nitrogens is 4. The van der Waals surface area contributed by atoms with Gasteiger partial charge in [-0.2, -0.15) is 5.10 Å². The van der Waals surface area contributed by atoms with E-state index in [2.05, 4.69) is 37.4 Å². The van der Waals surface area contributed by atoms with Crippen LogP contribution in [0.5, 0.6) is 11.5 Å². The molecule has 11 nitrogen and oxygen atoms in total. The van der Waals surface area contributed by atoms with Gasteiger partial charge in [-0.3, -0.25) is 14.9 Å². The molecule has 2 heterocycles. The molecular weight excluding hydrogens is 428 g/mol. The van der Waals surface area contributed by atoms with E-state index in [1.165, 1.54) is 12.1 Å². The molecule has 0 radical (unpaired) electrons. The highest BCUT2D eigenvalue weighted by molar-refractivity contribution is 5.97. The average molecular weight is 452 g/mol. The number of rotatable bonds is 9. The third-order valence-electron chi connectivity index (χ3n) is 4.51. The Balaban J connectivity index is 1.73. The molecule has 33 heavy (non-hydrogen) atoms. The molecule has 3 aromatic rings. The second-order valence-electron chi connectivity index (χ2n) is 7.17. The molecule has 11 heteroatoms. The predicted molar refractivity (Wildman–Crippen MR) is 118 cm³/mol. The van der Waals surface area contributed by atoms with E-state index in [1.807, 2.05) is 0 Å². The van der Waals surface area contributed by atoms with E-state index in [1.54, 1.807) is 31.5 Å². The number of allylic oxidation sites excluding steroid dienone is 1. The molecule has 1 unspecified atom stereocenters. The minimum absolute atomic E-state index is 0.00478. The number of nitrogens with one attached hydrogen (secondary N) is 3. The number of ether oxygens (including phenoxy) is 1. The smallest absolute Gasteiger partial charge is 0.412 e. The van der Waals surface area contributed by atoms with Crippen molar-refractivity contribution in [2.45, 2.75) is 25.8 Å². The summed E-state index contributed by atoms with van der Waals surface area (Å²) in [6.45, 7) is 5.35. The average Bonchev–Trinajstić information content (AvgIpc) is 3.26. The van der Waals surface area contributed by atoms with E-state index in [9.17, 15) is 19.8 Å². The maximum Gasteiger partial charge on any atom is 0.412 e. The van der Waals surface area contributed by atoms with Crippen molar-refractivity contribution in [3.05, 3.63) is 66.5 Å². The molecule has 0 aliphatic heterocycles. The number of H-pyrrole nitrogens is 1. The van der Waals surface area contributed by atoms with Gasteiger partial charge in [-0.1, -0.05) is 6.58 Å². The molecule has 172 valence electrons. The summed E-state index contributed by atoms with van der Waals surface area (Å²) in [5.74, 6) is 0.0296. The predicted octanol–water partition coefficient (Wildman–Crippen LogP) is 2.79. The number of hydrogen-bond donors (Lipinski definition) is 5. The Hall–Kier alpha value is -4.41. The Morgan fingerprint density at radius 3 is 2.67 bits per heavy atom. The number of carbonyl (C=O) groups is 2. The number of aromatic hydroxyl groups is 2. The number of hydrogen-bond acceptors (Lipinski definition) is 8. The first kappa shape index (κ1) is 23.3. The lowest BCUT2D eigenvalue weighted by Gasteiger charge is -2.17. The number of phenols is 2. The maximum atomic E-state index is 12.8. The highest BCUT2D eigenvalue weighted by Crippen LogP contribution is 2.24. The summed E-state index contributed by atoms with van der Waals surface area (Å²) in [6, 6.07) is 6.61. The summed E-state index contributed by atoms with van der Waals surface area (Å²) in [5.41, 5.74) is 0.743. The van der Waals surface area contributed by atoms with Gasteiger partial charge >= 0.3 is 6.09 Å². The minimum Gasteiger partial charge on any atom is -0.508 e. The molecule has 1 atom stereocenters. The van der Waals surface area contributed by atoms with Gasteiger partial charge in [0.2, 0.25) is 0 Å². The number of carbonyl (C=O) groups excluding carboxylic acids is 2. The van der Waals surface area contributed by atoms with Gasteiger partial charge in [-0.15, -0.1) is 0 Å². The fraction of sp³-hybridized carbons (Fsp3) is 0.227. The van der Waals surface area contributed by atoms with E-state index in [4.69, 9.17) is 4.74 Å². The van der Waals surface area contributed by atoms with Crippen LogP contribution in [0.1, 0.15) is 42.0 Å². The second kappa shape index (κ2) is 10.8. The molecule has 2 amide bonds. The first-order valence-electron chi connectivity index (χ1n) is 10.1. The number of pyridine rings is 1. The monoisotopic (exact) mass is 452 g/mol. The standard InChI is InChI=1S/C22H24N6O5/c1-13(2)33-22(32)24-9-3-4-17(25-21(31)16-6-5-15(29)12-18(16)30)20-26-19(27-28-20)14-7-10-23-11-8-14/h5-8,10-12,17,29-30H,1,3-4,9H2,2H3,(H,24,32)(H,25,31)(H,26,27,28). The van der Waals surface area contributed by atoms with Gasteiger partial charge in [0.05, 0.1) is 17.4 Å². The fourth-order valence-corrected chi connectivity index (χ4v) is 2.98. The quantitative estimate of drug-likeness (QED) is 0.244. The Bertz CT molecular complexity index is 1130. The van der Waals surface area contributed by atoms with Gasteiger partial charge in [-0.05, 0) is 44.0 Å². The van der Waals surface area contributed by atoms with Crippen molar-refractivity contribution in [3.8, 4) is 22.9 Å². The van der Waals surface area contributed by atoms with Crippen LogP contribution in [-0.2, 0) is 4.74 Å². The van der Waals surface area contributed by atoms with Crippen LogP contribution in [-0.4, -0.2) is 48.9 Å². The van der Waals surface area contributed by atoms with Crippen LogP contribution in [0, 0.1) is 0 Å². The topological polar surface area (TPSA) is 162 Å². The highest BCUT2D eigenvalue weighted by Gasteiger charge is 2.22. The maximum absolute atomic E-state index is 12.8. The summed E-state index contributed by atoms with van der Waals surface area (Å²) in [5, 5.41) is 31.9. The van der Waals surface area contributed by atoms with E-state index in [0.717, 1.165) is 11.6 Å². The number of phenolic OH excluding ortho intramolecular Hbond substituents is 2. The molecule has 0 aliphatic rings. The molecular formula is C22H24N6O5. The summed E-state index contributed by atoms with van der Waals surface area (Å²) in [7, 11) is 0. The summed E-state index contributed by atoms with van der Waals surface area (Å²) in [4.78, 5) is 32.8. The molecule has 0 saturated carbocycles. The first-order valence-corrected chi connectivity index (χ1v) is 10.1. The highest BCUT2D eigenvalue weighted by atomic mass is 16.6. The van der Waals surface area contributed by atoms with E-state index in [-0.39, 0.29) is 29.4 Å². The zero-order valence-electron chi connectivity index (χ0n) is 17.9. The molecule has 5 N–H and O–H groups in total. The lowest BCUT2D eigenvalue weighted by atomic mass is 10.1. The van der Waals surface area contributed by atoms with Gasteiger partial charge in [-0.25, -0.2) is 9.78 Å². The van der Waals surface area contributed by atoms with Crippen LogP contribution < -0.4 is 10.6 Å². The van der Waals surface area contributed by atoms with Crippen molar-refractivity contribution < 1.29 is 24.5 Å². The normalized spacial score (nSPS) is 11.4. The van der Waals surface area contributed by atoms with Crippen LogP contribution in [0.15, 0.2) is 55.1 Å². The molecule has 0 aliphatic carbocycles. The van der Waals surface area contributed by atoms with Crippen molar-refractivity contribution in [3.63, 3.8) is 0 Å². The molecule has 3 rings (SSSR count). The van der Waals surface area contributed by atoms with Gasteiger partial charge in [0.15, 0.2) is 5.82 Å². The van der Waals surface area contributed by atoms with Gasteiger partial charge in [0, 0.05) is 30.6 Å². The fourth-order valence-electron chi connectivity index (χ4n) is 2.98. The molecule has 0 bridgehead atoms. The molecule has 1 aromatic carbocycles. The minimum atomic E-state index is -0.614. The molecule has 2 aromatic heterocycles. The molecule has 0 spiro atoms. The third-order valence-corrected chi connectivity index (χ3v) is 4.51. The SMILES string of the molecule is C=C(C)OC(=O)NCCCC(NC(=O)c1ccc(O)cc1O)c1nc(-c2ccncc2)n[nH]1. The number of alkyl carbamates (subject to hydrolysis) is 1. The number of amides is 2. The number of benzene rings is 1. The lowest BCUT2D eigenvalue weighted by molar-refractivity contribution is 0.0929. The van der Waals surface area contributed by atoms with Gasteiger partial charge in [0.25, 0.3) is 5.91 Å². The van der Waals surface area contributed by atoms with E-state index < -0.39 is 18.0 Å². The van der Waals surface area contributed by atoms with Crippen molar-refractivity contribution in [2.75, 3.05) is 6.54 Å². The van der Waals surface area contributed by atoms with E-state index in [0.29, 0.717) is 24.5 Å². The largest absolute Gasteiger partial charge is 0.508 e. The van der Waals surface area contributed by atoms with Crippen LogP contribution in [0.2, 0.25) is 0 Å². The van der Waals surface area contributed by atoms with Crippen molar-refractivity contribution in [2.24, 2.45) is 0 Å². The Morgan fingerprint density at radius 2 is 1.97 bits per heavy atom. The Labute approximate surface area is 189 Å². The molecule has 0 fully saturated rings. The Kier molecular flexibility index (Phi) is 7.58. The van der Waals surface area contributed by atoms with Crippen LogP contribution >= 0.6 is 0 Å². The Morgan fingerprint density at radius 1 is 1.21 bits per heavy atom. The number of aromatic amines is 1. The second-order valence-corrected chi connectivity index (χ2v) is 7.17. The van der Waals surface area contributed by atoms with E-state index >= 15 is 0 Å². The van der Waals surface area contributed by atoms with Gasteiger partial charge < -0.3 is 25.6 Å². The zero-order valence-corrected chi connectivity index (χ0v) is 17.9. The molecule has 0 saturated heterocycles. The van der Waals surface area contributed by atoms with Crippen LogP contribution in [0.3, 0.4) is 0 Å². The zero-order chi connectivity index (χ0) is 23.8. The number of nitrogens with zero attached hydrogens (tertiary/aromatic N) is 3. The summed E-state index contributed by atoms with van der Waals surface area (Å²) in [6.07, 6.45) is 3.49. The summed E-state index contributed by atoms with van der Waals surface area (Å²) < 4.78 is 4.84. The lowest BCUT2D eigenvalue weighted by Crippen LogP contribution is -2.31. The van der Waals surface area contributed by atoms with Gasteiger partial charge in [0.1, 0.15) is 17.3 Å². The van der Waals surface area contributed by atoms with Crippen LogP contribution in [0.25, 0.3) is 11.4 Å². The van der Waals surface area contributed by atoms with Crippen molar-refractivity contribution in [1.29, 1.82) is 0 Å². The van der Waals surface area contributed by atoms with Crippen molar-refractivity contribution in [1.82, 2.24) is 30.8 Å². The first-order chi connectivity index (χ1) is 15.8.